The number of urea groups is 1. The second kappa shape index (κ2) is 8.22. The Bertz CT molecular complexity index is 470. The maximum absolute atomic E-state index is 11.8. The number of hydrogen-bond acceptors (Lipinski definition) is 3. The standard InChI is InChI=1S/C15H22ClN3O2/c1-2-19-9-10-21-12(11-19)7-8-17-15(20)18-14-6-4-3-5-13(14)16/h3-6,12H,2,7-11H2,1H3,(H2,17,18,20)/t12-/m0/s1. The van der Waals surface area contributed by atoms with Crippen LogP contribution >= 0.6 is 11.6 Å². The van der Waals surface area contributed by atoms with Gasteiger partial charge in [0, 0.05) is 19.6 Å². The first-order chi connectivity index (χ1) is 10.2. The highest BCUT2D eigenvalue weighted by Gasteiger charge is 2.18. The molecule has 2 amide bonds. The third-order valence-electron chi connectivity index (χ3n) is 3.54. The molecule has 6 heteroatoms. The summed E-state index contributed by atoms with van der Waals surface area (Å²) in [6, 6.07) is 6.92. The lowest BCUT2D eigenvalue weighted by Gasteiger charge is -2.32. The highest BCUT2D eigenvalue weighted by molar-refractivity contribution is 6.33. The Kier molecular flexibility index (Phi) is 6.29. The number of nitrogens with zero attached hydrogens (tertiary/aromatic N) is 1. The zero-order valence-corrected chi connectivity index (χ0v) is 13.0. The molecule has 5 nitrogen and oxygen atoms in total. The Morgan fingerprint density at radius 3 is 3.05 bits per heavy atom. The third kappa shape index (κ3) is 5.19. The Morgan fingerprint density at radius 1 is 1.48 bits per heavy atom. The van der Waals surface area contributed by atoms with Crippen molar-refractivity contribution in [3.63, 3.8) is 0 Å². The summed E-state index contributed by atoms with van der Waals surface area (Å²) < 4.78 is 5.69. The molecule has 1 aromatic carbocycles. The summed E-state index contributed by atoms with van der Waals surface area (Å²) in [5.41, 5.74) is 0.614. The normalized spacial score (nSPS) is 19.2. The molecule has 116 valence electrons. The lowest BCUT2D eigenvalue weighted by atomic mass is 10.2. The van der Waals surface area contributed by atoms with Crippen LogP contribution in [0.5, 0.6) is 0 Å². The number of carbonyl (C=O) groups is 1. The van der Waals surface area contributed by atoms with Crippen LogP contribution in [0.15, 0.2) is 24.3 Å². The van der Waals surface area contributed by atoms with Gasteiger partial charge in [0.05, 0.1) is 23.4 Å². The van der Waals surface area contributed by atoms with Crippen LogP contribution in [-0.4, -0.2) is 49.8 Å². The summed E-state index contributed by atoms with van der Waals surface area (Å²) in [6.45, 7) is 6.47. The van der Waals surface area contributed by atoms with Crippen LogP contribution in [0.3, 0.4) is 0 Å². The number of morpholine rings is 1. The van der Waals surface area contributed by atoms with Crippen molar-refractivity contribution in [1.29, 1.82) is 0 Å². The highest BCUT2D eigenvalue weighted by atomic mass is 35.5. The van der Waals surface area contributed by atoms with Crippen molar-refractivity contribution in [3.8, 4) is 0 Å². The van der Waals surface area contributed by atoms with Gasteiger partial charge in [-0.3, -0.25) is 4.90 Å². The quantitative estimate of drug-likeness (QED) is 0.879. The lowest BCUT2D eigenvalue weighted by molar-refractivity contribution is -0.0294. The summed E-state index contributed by atoms with van der Waals surface area (Å²) in [5, 5.41) is 6.10. The number of nitrogens with one attached hydrogen (secondary N) is 2. The monoisotopic (exact) mass is 311 g/mol. The van der Waals surface area contributed by atoms with Gasteiger partial charge < -0.3 is 15.4 Å². The van der Waals surface area contributed by atoms with E-state index in [1.165, 1.54) is 0 Å². The largest absolute Gasteiger partial charge is 0.375 e. The molecule has 1 aromatic rings. The molecule has 1 aliphatic rings. The van der Waals surface area contributed by atoms with Crippen LogP contribution in [-0.2, 0) is 4.74 Å². The fourth-order valence-electron chi connectivity index (χ4n) is 2.32. The number of hydrogen-bond donors (Lipinski definition) is 2. The van der Waals surface area contributed by atoms with Gasteiger partial charge in [0.1, 0.15) is 0 Å². The summed E-state index contributed by atoms with van der Waals surface area (Å²) >= 11 is 5.99. The molecule has 0 spiro atoms. The van der Waals surface area contributed by atoms with Crippen molar-refractivity contribution in [2.75, 3.05) is 38.1 Å². The van der Waals surface area contributed by atoms with E-state index in [0.717, 1.165) is 32.7 Å². The number of para-hydroxylation sites is 1. The molecule has 0 aliphatic carbocycles. The van der Waals surface area contributed by atoms with E-state index in [1.54, 1.807) is 12.1 Å². The van der Waals surface area contributed by atoms with Crippen molar-refractivity contribution < 1.29 is 9.53 Å². The Labute approximate surface area is 130 Å². The molecule has 1 fully saturated rings. The fraction of sp³-hybridized carbons (Fsp3) is 0.533. The molecular weight excluding hydrogens is 290 g/mol. The first-order valence-electron chi connectivity index (χ1n) is 7.32. The van der Waals surface area contributed by atoms with Crippen LogP contribution in [0.2, 0.25) is 5.02 Å². The first-order valence-corrected chi connectivity index (χ1v) is 7.70. The summed E-state index contributed by atoms with van der Waals surface area (Å²) in [7, 11) is 0. The zero-order valence-electron chi connectivity index (χ0n) is 12.3. The molecular formula is C15H22ClN3O2. The van der Waals surface area contributed by atoms with E-state index in [9.17, 15) is 4.79 Å². The SMILES string of the molecule is CCN1CCO[C@@H](CCNC(=O)Nc2ccccc2Cl)C1. The van der Waals surface area contributed by atoms with Crippen molar-refractivity contribution in [3.05, 3.63) is 29.3 Å². The zero-order chi connectivity index (χ0) is 15.1. The molecule has 1 heterocycles. The van der Waals surface area contributed by atoms with Gasteiger partial charge in [-0.2, -0.15) is 0 Å². The molecule has 1 atom stereocenters. The van der Waals surface area contributed by atoms with E-state index in [1.807, 2.05) is 12.1 Å². The first kappa shape index (κ1) is 16.1. The number of carbonyl (C=O) groups excluding carboxylic acids is 1. The van der Waals surface area contributed by atoms with Gasteiger partial charge in [-0.25, -0.2) is 4.79 Å². The van der Waals surface area contributed by atoms with Crippen molar-refractivity contribution >= 4 is 23.3 Å². The average Bonchev–Trinajstić information content (AvgIpc) is 2.50. The predicted octanol–water partition coefficient (Wildman–Crippen LogP) is 2.57. The smallest absolute Gasteiger partial charge is 0.319 e. The van der Waals surface area contributed by atoms with Gasteiger partial charge in [0.15, 0.2) is 0 Å². The predicted molar refractivity (Wildman–Crippen MR) is 84.9 cm³/mol. The number of halogens is 1. The van der Waals surface area contributed by atoms with Gasteiger partial charge in [-0.15, -0.1) is 0 Å². The third-order valence-corrected chi connectivity index (χ3v) is 3.87. The second-order valence-electron chi connectivity index (χ2n) is 5.04. The molecule has 1 aliphatic heterocycles. The molecule has 0 aromatic heterocycles. The number of likely N-dealkylation sites (N-methyl/N-ethyl adjacent to an activating group) is 1. The number of benzene rings is 1. The van der Waals surface area contributed by atoms with Crippen LogP contribution in [0, 0.1) is 0 Å². The topological polar surface area (TPSA) is 53.6 Å². The number of ether oxygens (including phenoxy) is 1. The minimum Gasteiger partial charge on any atom is -0.375 e. The van der Waals surface area contributed by atoms with Crippen molar-refractivity contribution in [2.45, 2.75) is 19.4 Å². The van der Waals surface area contributed by atoms with Gasteiger partial charge >= 0.3 is 6.03 Å². The minimum atomic E-state index is -0.244. The van der Waals surface area contributed by atoms with Crippen molar-refractivity contribution in [1.82, 2.24) is 10.2 Å². The molecule has 0 saturated carbocycles. The van der Waals surface area contributed by atoms with E-state index in [-0.39, 0.29) is 12.1 Å². The molecule has 0 unspecified atom stereocenters. The molecule has 21 heavy (non-hydrogen) atoms. The van der Waals surface area contributed by atoms with Gasteiger partial charge in [0.2, 0.25) is 0 Å². The lowest BCUT2D eigenvalue weighted by Crippen LogP contribution is -2.43. The summed E-state index contributed by atoms with van der Waals surface area (Å²) in [4.78, 5) is 14.2. The van der Waals surface area contributed by atoms with E-state index >= 15 is 0 Å². The highest BCUT2D eigenvalue weighted by Crippen LogP contribution is 2.20. The van der Waals surface area contributed by atoms with E-state index in [2.05, 4.69) is 22.5 Å². The van der Waals surface area contributed by atoms with Crippen LogP contribution in [0.1, 0.15) is 13.3 Å². The van der Waals surface area contributed by atoms with Crippen LogP contribution in [0.25, 0.3) is 0 Å². The number of anilines is 1. The molecule has 0 bridgehead atoms. The maximum Gasteiger partial charge on any atom is 0.319 e. The van der Waals surface area contributed by atoms with Gasteiger partial charge in [-0.1, -0.05) is 30.7 Å². The Balaban J connectivity index is 1.69. The summed E-state index contributed by atoms with van der Waals surface area (Å²) in [5.74, 6) is 0. The van der Waals surface area contributed by atoms with Gasteiger partial charge in [-0.05, 0) is 25.1 Å². The number of rotatable bonds is 5. The summed E-state index contributed by atoms with van der Waals surface area (Å²) in [6.07, 6.45) is 1.01. The van der Waals surface area contributed by atoms with Gasteiger partial charge in [0.25, 0.3) is 0 Å². The molecule has 0 radical (unpaired) electrons. The fourth-order valence-corrected chi connectivity index (χ4v) is 2.50. The van der Waals surface area contributed by atoms with Crippen LogP contribution in [0.4, 0.5) is 10.5 Å². The number of amides is 2. The molecule has 2 rings (SSSR count). The van der Waals surface area contributed by atoms with Crippen LogP contribution < -0.4 is 10.6 Å². The molecule has 1 saturated heterocycles. The minimum absolute atomic E-state index is 0.194. The van der Waals surface area contributed by atoms with E-state index in [0.29, 0.717) is 17.3 Å². The van der Waals surface area contributed by atoms with E-state index in [4.69, 9.17) is 16.3 Å². The maximum atomic E-state index is 11.8. The van der Waals surface area contributed by atoms with Crippen molar-refractivity contribution in [2.24, 2.45) is 0 Å². The second-order valence-corrected chi connectivity index (χ2v) is 5.44. The average molecular weight is 312 g/mol. The Hall–Kier alpha value is -1.30. The Morgan fingerprint density at radius 2 is 2.29 bits per heavy atom. The van der Waals surface area contributed by atoms with E-state index < -0.39 is 0 Å². The molecule has 2 N–H and O–H groups in total.